The van der Waals surface area contributed by atoms with Crippen LogP contribution < -0.4 is 0 Å². The van der Waals surface area contributed by atoms with Gasteiger partial charge in [-0.2, -0.15) is 0 Å². The van der Waals surface area contributed by atoms with Gasteiger partial charge in [0.05, 0.1) is 0 Å². The van der Waals surface area contributed by atoms with E-state index in [1.807, 2.05) is 0 Å². The molecular formula is C12H12. The third kappa shape index (κ3) is 1.33. The molecule has 0 fully saturated rings. The average molecular weight is 156 g/mol. The summed E-state index contributed by atoms with van der Waals surface area (Å²) < 4.78 is 0. The minimum Gasteiger partial charge on any atom is -0.0799 e. The minimum atomic E-state index is 1.08. The molecule has 0 bridgehead atoms. The first-order chi connectivity index (χ1) is 5.86. The van der Waals surface area contributed by atoms with E-state index < -0.39 is 0 Å². The number of hydrogen-bond donors (Lipinski definition) is 0. The van der Waals surface area contributed by atoms with Gasteiger partial charge in [0, 0.05) is 0 Å². The van der Waals surface area contributed by atoms with Crippen molar-refractivity contribution in [2.75, 3.05) is 0 Å². The van der Waals surface area contributed by atoms with Gasteiger partial charge in [-0.05, 0) is 24.5 Å². The summed E-state index contributed by atoms with van der Waals surface area (Å²) in [4.78, 5) is 0. The van der Waals surface area contributed by atoms with Crippen molar-refractivity contribution < 1.29 is 0 Å². The molecule has 0 aromatic heterocycles. The van der Waals surface area contributed by atoms with E-state index in [1.165, 1.54) is 16.7 Å². The van der Waals surface area contributed by atoms with E-state index in [0.29, 0.717) is 0 Å². The van der Waals surface area contributed by atoms with Gasteiger partial charge in [0.15, 0.2) is 0 Å². The molecule has 0 nitrogen and oxygen atoms in total. The van der Waals surface area contributed by atoms with Gasteiger partial charge < -0.3 is 0 Å². The maximum absolute atomic E-state index is 2.26. The molecule has 0 spiro atoms. The van der Waals surface area contributed by atoms with E-state index in [4.69, 9.17) is 0 Å². The second kappa shape index (κ2) is 2.98. The fourth-order valence-electron chi connectivity index (χ4n) is 1.49. The second-order valence-corrected chi connectivity index (χ2v) is 3.23. The summed E-state index contributed by atoms with van der Waals surface area (Å²) in [6.07, 6.45) is 7.75. The van der Waals surface area contributed by atoms with Gasteiger partial charge in [0.2, 0.25) is 0 Å². The Hall–Kier alpha value is -1.30. The fourth-order valence-corrected chi connectivity index (χ4v) is 1.49. The van der Waals surface area contributed by atoms with E-state index in [-0.39, 0.29) is 0 Å². The smallest absolute Gasteiger partial charge is 0.0135 e. The third-order valence-corrected chi connectivity index (χ3v) is 2.14. The fraction of sp³-hybridized carbons (Fsp3) is 0.167. The van der Waals surface area contributed by atoms with Crippen LogP contribution in [-0.4, -0.2) is 0 Å². The molecule has 0 N–H and O–H groups in total. The molecule has 0 heteroatoms. The third-order valence-electron chi connectivity index (χ3n) is 2.14. The number of fused-ring (bicyclic) bond motifs is 1. The molecule has 0 amide bonds. The van der Waals surface area contributed by atoms with Gasteiger partial charge in [-0.3, -0.25) is 0 Å². The molecule has 1 aromatic carbocycles. The van der Waals surface area contributed by atoms with E-state index in [2.05, 4.69) is 49.4 Å². The highest BCUT2D eigenvalue weighted by Gasteiger charge is 1.98. The van der Waals surface area contributed by atoms with Crippen LogP contribution in [0, 0.1) is 0 Å². The Morgan fingerprint density at radius 2 is 1.83 bits per heavy atom. The average Bonchev–Trinajstić information content (AvgIpc) is 2.25. The van der Waals surface area contributed by atoms with Crippen LogP contribution in [0.15, 0.2) is 35.9 Å². The zero-order valence-electron chi connectivity index (χ0n) is 7.25. The quantitative estimate of drug-likeness (QED) is 0.539. The Morgan fingerprint density at radius 3 is 2.67 bits per heavy atom. The van der Waals surface area contributed by atoms with Crippen LogP contribution in [0.3, 0.4) is 0 Å². The Kier molecular flexibility index (Phi) is 1.83. The minimum absolute atomic E-state index is 1.08. The van der Waals surface area contributed by atoms with Crippen molar-refractivity contribution in [1.82, 2.24) is 0 Å². The Bertz CT molecular complexity index is 343. The van der Waals surface area contributed by atoms with Crippen molar-refractivity contribution in [1.29, 1.82) is 0 Å². The molecule has 1 aliphatic rings. The first-order valence-electron chi connectivity index (χ1n) is 4.29. The molecule has 0 saturated carbocycles. The Morgan fingerprint density at radius 1 is 1.08 bits per heavy atom. The van der Waals surface area contributed by atoms with Gasteiger partial charge in [0.25, 0.3) is 0 Å². The molecule has 60 valence electrons. The van der Waals surface area contributed by atoms with Crippen molar-refractivity contribution in [2.45, 2.75) is 13.3 Å². The summed E-state index contributed by atoms with van der Waals surface area (Å²) in [5, 5.41) is 0. The van der Waals surface area contributed by atoms with E-state index >= 15 is 0 Å². The monoisotopic (exact) mass is 156 g/mol. The second-order valence-electron chi connectivity index (χ2n) is 3.23. The molecule has 12 heavy (non-hydrogen) atoms. The van der Waals surface area contributed by atoms with Gasteiger partial charge in [-0.25, -0.2) is 0 Å². The molecule has 2 rings (SSSR count). The van der Waals surface area contributed by atoms with E-state index in [9.17, 15) is 0 Å². The molecule has 0 heterocycles. The molecule has 1 aromatic rings. The number of rotatable bonds is 0. The summed E-state index contributed by atoms with van der Waals surface area (Å²) in [7, 11) is 0. The number of hydrogen-bond acceptors (Lipinski definition) is 0. The normalized spacial score (nSPS) is 14.9. The summed E-state index contributed by atoms with van der Waals surface area (Å²) in [5.41, 5.74) is 4.09. The maximum atomic E-state index is 2.26. The summed E-state index contributed by atoms with van der Waals surface area (Å²) in [6, 6.07) is 8.48. The lowest BCUT2D eigenvalue weighted by atomic mass is 10.1. The van der Waals surface area contributed by atoms with E-state index in [1.54, 1.807) is 0 Å². The molecule has 0 radical (unpaired) electrons. The van der Waals surface area contributed by atoms with Crippen molar-refractivity contribution in [3.8, 4) is 0 Å². The summed E-state index contributed by atoms with van der Waals surface area (Å²) >= 11 is 0. The van der Waals surface area contributed by atoms with Crippen molar-refractivity contribution >= 4 is 12.2 Å². The molecule has 1 aliphatic carbocycles. The SMILES string of the molecule is CC1=Cc2ccccc2C=CC1. The molecule has 0 aliphatic heterocycles. The first kappa shape index (κ1) is 7.35. The van der Waals surface area contributed by atoms with Gasteiger partial charge in [-0.1, -0.05) is 48.1 Å². The van der Waals surface area contributed by atoms with Gasteiger partial charge >= 0.3 is 0 Å². The van der Waals surface area contributed by atoms with Crippen LogP contribution in [0.1, 0.15) is 24.5 Å². The lowest BCUT2D eigenvalue weighted by Gasteiger charge is -1.98. The Labute approximate surface area is 73.2 Å². The Balaban J connectivity index is 2.58. The highest BCUT2D eigenvalue weighted by Crippen LogP contribution is 2.20. The number of benzene rings is 1. The van der Waals surface area contributed by atoms with Crippen molar-refractivity contribution in [3.63, 3.8) is 0 Å². The maximum Gasteiger partial charge on any atom is -0.0135 e. The van der Waals surface area contributed by atoms with Crippen molar-refractivity contribution in [2.24, 2.45) is 0 Å². The molecule has 0 saturated heterocycles. The predicted octanol–water partition coefficient (Wildman–Crippen LogP) is 3.51. The van der Waals surface area contributed by atoms with Gasteiger partial charge in [-0.15, -0.1) is 0 Å². The topological polar surface area (TPSA) is 0 Å². The van der Waals surface area contributed by atoms with Crippen molar-refractivity contribution in [3.05, 3.63) is 47.0 Å². The zero-order chi connectivity index (χ0) is 8.39. The summed E-state index contributed by atoms with van der Waals surface area (Å²) in [6.45, 7) is 2.17. The predicted molar refractivity (Wildman–Crippen MR) is 53.7 cm³/mol. The largest absolute Gasteiger partial charge is 0.0799 e. The highest BCUT2D eigenvalue weighted by molar-refractivity contribution is 5.68. The molecule has 0 atom stereocenters. The van der Waals surface area contributed by atoms with Crippen LogP contribution in [0.5, 0.6) is 0 Å². The van der Waals surface area contributed by atoms with Crippen LogP contribution in [0.4, 0.5) is 0 Å². The zero-order valence-corrected chi connectivity index (χ0v) is 7.25. The van der Waals surface area contributed by atoms with Crippen LogP contribution in [-0.2, 0) is 0 Å². The van der Waals surface area contributed by atoms with Gasteiger partial charge in [0.1, 0.15) is 0 Å². The van der Waals surface area contributed by atoms with E-state index in [0.717, 1.165) is 6.42 Å². The molecule has 0 unspecified atom stereocenters. The van der Waals surface area contributed by atoms with Crippen LogP contribution >= 0.6 is 0 Å². The number of allylic oxidation sites excluding steroid dienone is 2. The standard InChI is InChI=1S/C12H12/c1-10-5-4-8-11-6-2-3-7-12(11)9-10/h2-4,6-9H,5H2,1H3. The first-order valence-corrected chi connectivity index (χ1v) is 4.29. The van der Waals surface area contributed by atoms with Crippen LogP contribution in [0.2, 0.25) is 0 Å². The van der Waals surface area contributed by atoms with Crippen LogP contribution in [0.25, 0.3) is 12.2 Å². The lowest BCUT2D eigenvalue weighted by Crippen LogP contribution is -1.77. The highest BCUT2D eigenvalue weighted by atomic mass is 14.0. The summed E-state index contributed by atoms with van der Waals surface area (Å²) in [5.74, 6) is 0. The lowest BCUT2D eigenvalue weighted by molar-refractivity contribution is 1.25. The molecular weight excluding hydrogens is 144 g/mol.